The Morgan fingerprint density at radius 2 is 2.38 bits per heavy atom. The van der Waals surface area contributed by atoms with E-state index in [4.69, 9.17) is 5.11 Å². The number of hydrogen-bond acceptors (Lipinski definition) is 2. The third kappa shape index (κ3) is 3.22. The van der Waals surface area contributed by atoms with Crippen molar-refractivity contribution >= 4 is 17.7 Å². The molecule has 1 aliphatic rings. The van der Waals surface area contributed by atoms with Crippen molar-refractivity contribution in [2.75, 3.05) is 11.5 Å². The van der Waals surface area contributed by atoms with Crippen molar-refractivity contribution in [3.63, 3.8) is 0 Å². The molecule has 0 spiro atoms. The van der Waals surface area contributed by atoms with E-state index < -0.39 is 5.97 Å². The van der Waals surface area contributed by atoms with E-state index in [2.05, 4.69) is 6.92 Å². The maximum Gasteiger partial charge on any atom is 0.307 e. The topological polar surface area (TPSA) is 37.3 Å². The van der Waals surface area contributed by atoms with Crippen LogP contribution in [0.25, 0.3) is 0 Å². The lowest BCUT2D eigenvalue weighted by Gasteiger charge is -2.27. The summed E-state index contributed by atoms with van der Waals surface area (Å²) in [5, 5.41) is 8.99. The highest BCUT2D eigenvalue weighted by atomic mass is 32.2. The first-order valence-electron chi connectivity index (χ1n) is 5.06. The summed E-state index contributed by atoms with van der Waals surface area (Å²) in [4.78, 5) is 10.9. The van der Waals surface area contributed by atoms with Crippen molar-refractivity contribution in [3.05, 3.63) is 0 Å². The molecule has 0 aromatic carbocycles. The quantitative estimate of drug-likeness (QED) is 0.761. The molecule has 0 bridgehead atoms. The number of carbonyl (C=O) groups is 1. The Labute approximate surface area is 84.1 Å². The highest BCUT2D eigenvalue weighted by Crippen LogP contribution is 2.32. The van der Waals surface area contributed by atoms with Crippen LogP contribution in [0.5, 0.6) is 0 Å². The third-order valence-electron chi connectivity index (χ3n) is 2.75. The molecule has 13 heavy (non-hydrogen) atoms. The van der Waals surface area contributed by atoms with Crippen LogP contribution in [0.3, 0.4) is 0 Å². The van der Waals surface area contributed by atoms with E-state index in [9.17, 15) is 4.79 Å². The molecular weight excluding hydrogens is 184 g/mol. The molecule has 1 rings (SSSR count). The van der Waals surface area contributed by atoms with Gasteiger partial charge in [0.15, 0.2) is 0 Å². The summed E-state index contributed by atoms with van der Waals surface area (Å²) in [6, 6.07) is 0. The van der Waals surface area contributed by atoms with Crippen LogP contribution in [0.4, 0.5) is 0 Å². The number of unbranched alkanes of at least 4 members (excludes halogenated alkanes) is 1. The lowest BCUT2D eigenvalue weighted by atomic mass is 9.86. The number of rotatable bonds is 4. The third-order valence-corrected chi connectivity index (χ3v) is 3.86. The second kappa shape index (κ2) is 5.53. The smallest absolute Gasteiger partial charge is 0.307 e. The van der Waals surface area contributed by atoms with Gasteiger partial charge in [0.2, 0.25) is 0 Å². The zero-order chi connectivity index (χ0) is 9.68. The molecule has 0 aromatic rings. The number of carboxylic acids is 1. The zero-order valence-electron chi connectivity index (χ0n) is 8.16. The molecule has 2 unspecified atom stereocenters. The molecule has 2 atom stereocenters. The average Bonchev–Trinajstić information content (AvgIpc) is 2.15. The molecule has 0 amide bonds. The summed E-state index contributed by atoms with van der Waals surface area (Å²) < 4.78 is 0. The minimum absolute atomic E-state index is 0.0784. The SMILES string of the molecule is CCCCC1CCSCC1C(=O)O. The predicted octanol–water partition coefficient (Wildman–Crippen LogP) is 2.63. The predicted molar refractivity (Wildman–Crippen MR) is 56.1 cm³/mol. The maximum atomic E-state index is 10.9. The van der Waals surface area contributed by atoms with Crippen LogP contribution < -0.4 is 0 Å². The Morgan fingerprint density at radius 3 is 3.00 bits per heavy atom. The first-order valence-corrected chi connectivity index (χ1v) is 6.21. The van der Waals surface area contributed by atoms with E-state index >= 15 is 0 Å². The van der Waals surface area contributed by atoms with Gasteiger partial charge in [0.25, 0.3) is 0 Å². The largest absolute Gasteiger partial charge is 0.481 e. The van der Waals surface area contributed by atoms with Gasteiger partial charge in [0.05, 0.1) is 5.92 Å². The van der Waals surface area contributed by atoms with E-state index in [-0.39, 0.29) is 5.92 Å². The molecule has 76 valence electrons. The summed E-state index contributed by atoms with van der Waals surface area (Å²) in [6.45, 7) is 2.16. The highest BCUT2D eigenvalue weighted by molar-refractivity contribution is 7.99. The number of carboxylic acid groups (broad SMARTS) is 1. The monoisotopic (exact) mass is 202 g/mol. The number of thioether (sulfide) groups is 1. The lowest BCUT2D eigenvalue weighted by Crippen LogP contribution is -2.29. The van der Waals surface area contributed by atoms with Gasteiger partial charge in [-0.15, -0.1) is 0 Å². The van der Waals surface area contributed by atoms with Crippen molar-refractivity contribution in [2.24, 2.45) is 11.8 Å². The lowest BCUT2D eigenvalue weighted by molar-refractivity contribution is -0.143. The van der Waals surface area contributed by atoms with Gasteiger partial charge in [-0.3, -0.25) is 4.79 Å². The van der Waals surface area contributed by atoms with Gasteiger partial charge in [-0.1, -0.05) is 19.8 Å². The summed E-state index contributed by atoms with van der Waals surface area (Å²) in [5.41, 5.74) is 0. The summed E-state index contributed by atoms with van der Waals surface area (Å²) in [5.74, 6) is 1.75. The Bertz CT molecular complexity index is 170. The van der Waals surface area contributed by atoms with Crippen LogP contribution in [0.1, 0.15) is 32.6 Å². The molecular formula is C10H18O2S. The van der Waals surface area contributed by atoms with Gasteiger partial charge in [-0.25, -0.2) is 0 Å². The Kier molecular flexibility index (Phi) is 4.64. The molecule has 3 heteroatoms. The van der Waals surface area contributed by atoms with E-state index in [1.807, 2.05) is 0 Å². The second-order valence-electron chi connectivity index (χ2n) is 3.71. The first-order chi connectivity index (χ1) is 6.25. The maximum absolute atomic E-state index is 10.9. The van der Waals surface area contributed by atoms with Crippen LogP contribution in [0.15, 0.2) is 0 Å². The Balaban J connectivity index is 2.41. The van der Waals surface area contributed by atoms with Crippen molar-refractivity contribution in [1.82, 2.24) is 0 Å². The average molecular weight is 202 g/mol. The Morgan fingerprint density at radius 1 is 1.62 bits per heavy atom. The molecule has 1 saturated heterocycles. The van der Waals surface area contributed by atoms with Gasteiger partial charge in [0.1, 0.15) is 0 Å². The molecule has 1 aliphatic heterocycles. The second-order valence-corrected chi connectivity index (χ2v) is 4.86. The summed E-state index contributed by atoms with van der Waals surface area (Å²) in [6.07, 6.45) is 4.56. The van der Waals surface area contributed by atoms with Gasteiger partial charge < -0.3 is 5.11 Å². The fourth-order valence-electron chi connectivity index (χ4n) is 1.87. The zero-order valence-corrected chi connectivity index (χ0v) is 8.98. The fraction of sp³-hybridized carbons (Fsp3) is 0.900. The Hall–Kier alpha value is -0.180. The molecule has 0 aliphatic carbocycles. The highest BCUT2D eigenvalue weighted by Gasteiger charge is 2.30. The molecule has 0 radical (unpaired) electrons. The van der Waals surface area contributed by atoms with E-state index in [1.54, 1.807) is 11.8 Å². The minimum Gasteiger partial charge on any atom is -0.481 e. The van der Waals surface area contributed by atoms with Crippen molar-refractivity contribution in [1.29, 1.82) is 0 Å². The standard InChI is InChI=1S/C10H18O2S/c1-2-3-4-8-5-6-13-7-9(8)10(11)12/h8-9H,2-7H2,1H3,(H,11,12). The number of hydrogen-bond donors (Lipinski definition) is 1. The minimum atomic E-state index is -0.590. The van der Waals surface area contributed by atoms with E-state index in [1.165, 1.54) is 12.8 Å². The molecule has 2 nitrogen and oxygen atoms in total. The van der Waals surface area contributed by atoms with Crippen molar-refractivity contribution in [3.8, 4) is 0 Å². The van der Waals surface area contributed by atoms with Crippen LogP contribution in [0, 0.1) is 11.8 Å². The molecule has 0 saturated carbocycles. The number of aliphatic carboxylic acids is 1. The van der Waals surface area contributed by atoms with Gasteiger partial charge in [-0.2, -0.15) is 11.8 Å². The fourth-order valence-corrected chi connectivity index (χ4v) is 3.17. The van der Waals surface area contributed by atoms with Gasteiger partial charge >= 0.3 is 5.97 Å². The molecule has 0 aromatic heterocycles. The van der Waals surface area contributed by atoms with Crippen LogP contribution >= 0.6 is 11.8 Å². The van der Waals surface area contributed by atoms with Crippen molar-refractivity contribution in [2.45, 2.75) is 32.6 Å². The van der Waals surface area contributed by atoms with Crippen LogP contribution in [-0.2, 0) is 4.79 Å². The van der Waals surface area contributed by atoms with Gasteiger partial charge in [-0.05, 0) is 24.5 Å². The van der Waals surface area contributed by atoms with E-state index in [0.717, 1.165) is 24.3 Å². The van der Waals surface area contributed by atoms with Crippen LogP contribution in [0.2, 0.25) is 0 Å². The normalized spacial score (nSPS) is 28.7. The summed E-state index contributed by atoms with van der Waals surface area (Å²) >= 11 is 1.79. The molecule has 1 N–H and O–H groups in total. The van der Waals surface area contributed by atoms with Crippen molar-refractivity contribution < 1.29 is 9.90 Å². The molecule has 1 fully saturated rings. The molecule has 1 heterocycles. The van der Waals surface area contributed by atoms with Crippen LogP contribution in [-0.4, -0.2) is 22.6 Å². The first kappa shape index (κ1) is 10.9. The van der Waals surface area contributed by atoms with E-state index in [0.29, 0.717) is 5.92 Å². The van der Waals surface area contributed by atoms with Gasteiger partial charge in [0, 0.05) is 5.75 Å². The summed E-state index contributed by atoms with van der Waals surface area (Å²) in [7, 11) is 0.